The molecule has 0 radical (unpaired) electrons. The monoisotopic (exact) mass is 324 g/mol. The number of aliphatic hydroxyl groups is 2. The molecular formula is C12H20O10. The molecule has 10 nitrogen and oxygen atoms in total. The Morgan fingerprint density at radius 3 is 1.05 bits per heavy atom. The van der Waals surface area contributed by atoms with Crippen LogP contribution in [-0.4, -0.2) is 67.7 Å². The Kier molecular flexibility index (Phi) is 20.7. The van der Waals surface area contributed by atoms with E-state index in [1.54, 1.807) is 0 Å². The van der Waals surface area contributed by atoms with Crippen molar-refractivity contribution in [3.63, 3.8) is 0 Å². The van der Waals surface area contributed by atoms with Gasteiger partial charge in [-0.3, -0.25) is 9.59 Å². The topological polar surface area (TPSA) is 190 Å². The van der Waals surface area contributed by atoms with E-state index in [4.69, 9.17) is 30.6 Å². The number of hydrogen-bond acceptors (Lipinski definition) is 6. The van der Waals surface area contributed by atoms with Crippen LogP contribution in [-0.2, 0) is 19.2 Å². The molecule has 0 aliphatic heterocycles. The second kappa shape index (κ2) is 18.5. The third-order valence-corrected chi connectivity index (χ3v) is 1.50. The fourth-order valence-corrected chi connectivity index (χ4v) is 0.695. The number of carbonyl (C=O) groups is 4. The van der Waals surface area contributed by atoms with Crippen molar-refractivity contribution in [1.29, 1.82) is 0 Å². The van der Waals surface area contributed by atoms with E-state index < -0.39 is 23.9 Å². The van der Waals surface area contributed by atoms with Gasteiger partial charge in [-0.1, -0.05) is 0 Å². The predicted molar refractivity (Wildman–Crippen MR) is 72.3 cm³/mol. The molecule has 0 aromatic rings. The van der Waals surface area contributed by atoms with E-state index in [1.165, 1.54) is 0 Å². The number of aliphatic carboxylic acids is 4. The van der Waals surface area contributed by atoms with Gasteiger partial charge in [-0.05, 0) is 12.8 Å². The molecule has 0 unspecified atom stereocenters. The highest BCUT2D eigenvalue weighted by Crippen LogP contribution is 1.98. The molecule has 6 N–H and O–H groups in total. The van der Waals surface area contributed by atoms with Crippen LogP contribution in [0.15, 0.2) is 12.2 Å². The summed E-state index contributed by atoms with van der Waals surface area (Å²) in [6.07, 6.45) is 2.13. The second-order valence-corrected chi connectivity index (χ2v) is 3.45. The van der Waals surface area contributed by atoms with Gasteiger partial charge in [-0.25, -0.2) is 9.59 Å². The molecule has 128 valence electrons. The molecular weight excluding hydrogens is 304 g/mol. The molecule has 0 aromatic carbocycles. The summed E-state index contributed by atoms with van der Waals surface area (Å²) in [4.78, 5) is 38.9. The summed E-state index contributed by atoms with van der Waals surface area (Å²) in [5.74, 6) is -4.25. The van der Waals surface area contributed by atoms with Gasteiger partial charge in [0.1, 0.15) is 0 Å². The van der Waals surface area contributed by atoms with E-state index in [0.717, 1.165) is 0 Å². The van der Waals surface area contributed by atoms with E-state index >= 15 is 0 Å². The number of aliphatic hydroxyl groups excluding tert-OH is 2. The highest BCUT2D eigenvalue weighted by atomic mass is 16.4. The maximum absolute atomic E-state index is 9.90. The second-order valence-electron chi connectivity index (χ2n) is 3.45. The molecule has 10 heteroatoms. The Bertz CT molecular complexity index is 327. The van der Waals surface area contributed by atoms with Crippen LogP contribution in [0, 0.1) is 0 Å². The Labute approximate surface area is 125 Å². The SMILES string of the molecule is O=C(O)/C=C/C(=O)O.O=C(O)CCCCC(=O)O.OCCO. The van der Waals surface area contributed by atoms with Gasteiger partial charge in [-0.15, -0.1) is 0 Å². The zero-order chi connectivity index (χ0) is 18.0. The highest BCUT2D eigenvalue weighted by Gasteiger charge is 1.99. The average molecular weight is 324 g/mol. The van der Waals surface area contributed by atoms with Crippen molar-refractivity contribution < 1.29 is 49.8 Å². The molecule has 0 saturated carbocycles. The van der Waals surface area contributed by atoms with E-state index in [0.29, 0.717) is 25.0 Å². The number of carboxylic acids is 4. The lowest BCUT2D eigenvalue weighted by atomic mass is 10.2. The van der Waals surface area contributed by atoms with Crippen LogP contribution >= 0.6 is 0 Å². The van der Waals surface area contributed by atoms with Crippen molar-refractivity contribution in [2.75, 3.05) is 13.2 Å². The van der Waals surface area contributed by atoms with Gasteiger partial charge in [0.05, 0.1) is 13.2 Å². The largest absolute Gasteiger partial charge is 0.481 e. The fraction of sp³-hybridized carbons (Fsp3) is 0.500. The lowest BCUT2D eigenvalue weighted by molar-refractivity contribution is -0.139. The molecule has 0 aliphatic rings. The predicted octanol–water partition coefficient (Wildman–Crippen LogP) is -0.601. The van der Waals surface area contributed by atoms with Crippen molar-refractivity contribution in [3.05, 3.63) is 12.2 Å². The first-order valence-electron chi connectivity index (χ1n) is 5.96. The van der Waals surface area contributed by atoms with Crippen LogP contribution in [0.4, 0.5) is 0 Å². The van der Waals surface area contributed by atoms with Gasteiger partial charge in [0.15, 0.2) is 0 Å². The van der Waals surface area contributed by atoms with Crippen LogP contribution < -0.4 is 0 Å². The van der Waals surface area contributed by atoms with Crippen LogP contribution in [0.2, 0.25) is 0 Å². The van der Waals surface area contributed by atoms with Gasteiger partial charge in [-0.2, -0.15) is 0 Å². The van der Waals surface area contributed by atoms with Crippen molar-refractivity contribution in [1.82, 2.24) is 0 Å². The van der Waals surface area contributed by atoms with Crippen molar-refractivity contribution >= 4 is 23.9 Å². The van der Waals surface area contributed by atoms with Gasteiger partial charge in [0.25, 0.3) is 0 Å². The third-order valence-electron chi connectivity index (χ3n) is 1.50. The number of unbranched alkanes of at least 4 members (excludes halogenated alkanes) is 1. The van der Waals surface area contributed by atoms with Crippen LogP contribution in [0.25, 0.3) is 0 Å². The van der Waals surface area contributed by atoms with Crippen molar-refractivity contribution in [3.8, 4) is 0 Å². The molecule has 0 bridgehead atoms. The summed E-state index contributed by atoms with van der Waals surface area (Å²) >= 11 is 0. The van der Waals surface area contributed by atoms with Gasteiger partial charge in [0.2, 0.25) is 0 Å². The molecule has 0 atom stereocenters. The minimum atomic E-state index is -1.26. The molecule has 0 saturated heterocycles. The Balaban J connectivity index is -0.000000269. The standard InChI is InChI=1S/C6H10O4.C4H4O4.C2H6O2/c7-5(8)3-1-2-4-6(9)10;5-3(6)1-2-4(7)8;3-1-2-4/h1-4H2,(H,7,8)(H,9,10);1-2H,(H,5,6)(H,7,8);3-4H,1-2H2/b;2-1+;. The molecule has 0 heterocycles. The highest BCUT2D eigenvalue weighted by molar-refractivity contribution is 5.89. The minimum Gasteiger partial charge on any atom is -0.481 e. The third kappa shape index (κ3) is 43.2. The zero-order valence-corrected chi connectivity index (χ0v) is 11.7. The quantitative estimate of drug-likeness (QED) is 0.248. The average Bonchev–Trinajstić information content (AvgIpc) is 2.42. The lowest BCUT2D eigenvalue weighted by Crippen LogP contribution is -1.97. The summed E-state index contributed by atoms with van der Waals surface area (Å²) < 4.78 is 0. The fourth-order valence-electron chi connectivity index (χ4n) is 0.695. The van der Waals surface area contributed by atoms with E-state index in [2.05, 4.69) is 0 Å². The number of rotatable bonds is 8. The summed E-state index contributed by atoms with van der Waals surface area (Å²) in [7, 11) is 0. The molecule has 0 rings (SSSR count). The normalized spacial score (nSPS) is 9.00. The maximum atomic E-state index is 9.90. The number of hydrogen-bond donors (Lipinski definition) is 6. The number of carboxylic acid groups (broad SMARTS) is 4. The Morgan fingerprint density at radius 1 is 0.636 bits per heavy atom. The summed E-state index contributed by atoms with van der Waals surface area (Å²) in [5.41, 5.74) is 0. The molecule has 0 spiro atoms. The molecule has 0 aromatic heterocycles. The Hall–Kier alpha value is -2.46. The first kappa shape index (κ1) is 24.6. The zero-order valence-electron chi connectivity index (χ0n) is 11.7. The van der Waals surface area contributed by atoms with Crippen molar-refractivity contribution in [2.45, 2.75) is 25.7 Å². The van der Waals surface area contributed by atoms with Gasteiger partial charge < -0.3 is 30.6 Å². The summed E-state index contributed by atoms with van der Waals surface area (Å²) in [6.45, 7) is -0.250. The molecule has 22 heavy (non-hydrogen) atoms. The first-order chi connectivity index (χ1) is 10.2. The summed E-state index contributed by atoms with van der Waals surface area (Å²) in [6, 6.07) is 0. The van der Waals surface area contributed by atoms with Crippen LogP contribution in [0.3, 0.4) is 0 Å². The van der Waals surface area contributed by atoms with E-state index in [9.17, 15) is 19.2 Å². The Morgan fingerprint density at radius 2 is 0.909 bits per heavy atom. The molecule has 0 fully saturated rings. The van der Waals surface area contributed by atoms with Crippen LogP contribution in [0.1, 0.15) is 25.7 Å². The molecule has 0 aliphatic carbocycles. The maximum Gasteiger partial charge on any atom is 0.328 e. The summed E-state index contributed by atoms with van der Waals surface area (Å²) in [5, 5.41) is 47.1. The van der Waals surface area contributed by atoms with Gasteiger partial charge >= 0.3 is 23.9 Å². The lowest BCUT2D eigenvalue weighted by Gasteiger charge is -1.92. The van der Waals surface area contributed by atoms with Gasteiger partial charge in [0, 0.05) is 25.0 Å². The van der Waals surface area contributed by atoms with Crippen LogP contribution in [0.5, 0.6) is 0 Å². The first-order valence-corrected chi connectivity index (χ1v) is 5.96. The van der Waals surface area contributed by atoms with E-state index in [-0.39, 0.29) is 26.1 Å². The molecule has 0 amide bonds. The van der Waals surface area contributed by atoms with E-state index in [1.807, 2.05) is 0 Å². The van der Waals surface area contributed by atoms with Crippen molar-refractivity contribution in [2.24, 2.45) is 0 Å². The smallest absolute Gasteiger partial charge is 0.328 e. The minimum absolute atomic E-state index is 0.0628.